The van der Waals surface area contributed by atoms with E-state index >= 15 is 0 Å². The highest BCUT2D eigenvalue weighted by Gasteiger charge is 2.31. The number of rotatable bonds is 6. The van der Waals surface area contributed by atoms with Crippen molar-refractivity contribution in [3.63, 3.8) is 0 Å². The summed E-state index contributed by atoms with van der Waals surface area (Å²) >= 11 is 0. The van der Waals surface area contributed by atoms with Crippen LogP contribution in [0.15, 0.2) is 42.5 Å². The number of aryl methyl sites for hydroxylation is 1. The quantitative estimate of drug-likeness (QED) is 0.713. The molecule has 1 heterocycles. The van der Waals surface area contributed by atoms with E-state index in [1.54, 1.807) is 0 Å². The largest absolute Gasteiger partial charge is 0.481 e. The SMILES string of the molecule is Cc1cccc(CC(CNC(=O)C2CC(=O)Nc3cc(F)ccc32)C(=O)O)c1. The summed E-state index contributed by atoms with van der Waals surface area (Å²) in [6.45, 7) is 1.87. The average molecular weight is 384 g/mol. The molecular weight excluding hydrogens is 363 g/mol. The lowest BCUT2D eigenvalue weighted by molar-refractivity contribution is -0.141. The fourth-order valence-corrected chi connectivity index (χ4v) is 3.39. The number of carboxylic acids is 1. The van der Waals surface area contributed by atoms with Gasteiger partial charge in [0.25, 0.3) is 0 Å². The number of nitrogens with one attached hydrogen (secondary N) is 2. The molecule has 0 saturated carbocycles. The van der Waals surface area contributed by atoms with Crippen molar-refractivity contribution in [2.75, 3.05) is 11.9 Å². The zero-order chi connectivity index (χ0) is 20.3. The topological polar surface area (TPSA) is 95.5 Å². The number of hydrogen-bond acceptors (Lipinski definition) is 3. The van der Waals surface area contributed by atoms with E-state index in [-0.39, 0.29) is 31.0 Å². The standard InChI is InChI=1S/C21H21FN2O4/c1-12-3-2-4-13(7-12)8-14(21(27)28)11-23-20(26)17-10-19(25)24-18-9-15(22)5-6-16(17)18/h2-7,9,14,17H,8,10-11H2,1H3,(H,23,26)(H,24,25)(H,27,28). The third-order valence-corrected chi connectivity index (χ3v) is 4.81. The van der Waals surface area contributed by atoms with Crippen LogP contribution in [0.25, 0.3) is 0 Å². The molecule has 2 unspecified atom stereocenters. The smallest absolute Gasteiger partial charge is 0.308 e. The fraction of sp³-hybridized carbons (Fsp3) is 0.286. The van der Waals surface area contributed by atoms with Gasteiger partial charge in [-0.05, 0) is 36.6 Å². The summed E-state index contributed by atoms with van der Waals surface area (Å²) in [5.41, 5.74) is 2.69. The number of anilines is 1. The number of amides is 2. The Morgan fingerprint density at radius 1 is 1.29 bits per heavy atom. The highest BCUT2D eigenvalue weighted by atomic mass is 19.1. The van der Waals surface area contributed by atoms with Crippen molar-refractivity contribution < 1.29 is 23.9 Å². The molecule has 0 aliphatic carbocycles. The minimum atomic E-state index is -1.01. The van der Waals surface area contributed by atoms with E-state index in [2.05, 4.69) is 10.6 Å². The van der Waals surface area contributed by atoms with Gasteiger partial charge in [-0.25, -0.2) is 4.39 Å². The second-order valence-electron chi connectivity index (χ2n) is 7.01. The van der Waals surface area contributed by atoms with Crippen LogP contribution in [0.3, 0.4) is 0 Å². The van der Waals surface area contributed by atoms with Crippen molar-refractivity contribution in [3.8, 4) is 0 Å². The first kappa shape index (κ1) is 19.5. The molecule has 3 rings (SSSR count). The molecule has 3 N–H and O–H groups in total. The maximum Gasteiger partial charge on any atom is 0.308 e. The molecule has 7 heteroatoms. The molecule has 2 aromatic rings. The molecule has 0 spiro atoms. The lowest BCUT2D eigenvalue weighted by Gasteiger charge is -2.25. The zero-order valence-electron chi connectivity index (χ0n) is 15.4. The molecule has 0 fully saturated rings. The molecule has 1 aliphatic rings. The number of halogens is 1. The van der Waals surface area contributed by atoms with E-state index in [9.17, 15) is 23.9 Å². The Labute approximate surface area is 161 Å². The van der Waals surface area contributed by atoms with E-state index in [4.69, 9.17) is 0 Å². The van der Waals surface area contributed by atoms with E-state index in [0.717, 1.165) is 11.1 Å². The molecule has 2 atom stereocenters. The maximum atomic E-state index is 13.4. The molecule has 146 valence electrons. The molecule has 2 amide bonds. The first-order chi connectivity index (χ1) is 13.3. The van der Waals surface area contributed by atoms with Gasteiger partial charge >= 0.3 is 5.97 Å². The maximum absolute atomic E-state index is 13.4. The van der Waals surface area contributed by atoms with Crippen LogP contribution in [0.5, 0.6) is 0 Å². The average Bonchev–Trinajstić information content (AvgIpc) is 2.63. The molecule has 0 bridgehead atoms. The lowest BCUT2D eigenvalue weighted by atomic mass is 9.89. The molecule has 0 radical (unpaired) electrons. The summed E-state index contributed by atoms with van der Waals surface area (Å²) in [5.74, 6) is -3.92. The van der Waals surface area contributed by atoms with Crippen LogP contribution < -0.4 is 10.6 Å². The van der Waals surface area contributed by atoms with Crippen molar-refractivity contribution in [2.24, 2.45) is 5.92 Å². The van der Waals surface area contributed by atoms with Crippen molar-refractivity contribution in [3.05, 3.63) is 65.0 Å². The van der Waals surface area contributed by atoms with Gasteiger partial charge in [0, 0.05) is 18.7 Å². The van der Waals surface area contributed by atoms with Crippen LogP contribution in [-0.4, -0.2) is 29.4 Å². The Morgan fingerprint density at radius 2 is 2.07 bits per heavy atom. The Hall–Kier alpha value is -3.22. The third kappa shape index (κ3) is 4.54. The highest BCUT2D eigenvalue weighted by Crippen LogP contribution is 2.32. The fourth-order valence-electron chi connectivity index (χ4n) is 3.39. The van der Waals surface area contributed by atoms with Gasteiger partial charge < -0.3 is 15.7 Å². The summed E-state index contributed by atoms with van der Waals surface area (Å²) in [5, 5.41) is 14.7. The molecule has 6 nitrogen and oxygen atoms in total. The number of carboxylic acid groups (broad SMARTS) is 1. The van der Waals surface area contributed by atoms with Crippen LogP contribution in [-0.2, 0) is 20.8 Å². The molecular formula is C21H21FN2O4. The van der Waals surface area contributed by atoms with Gasteiger partial charge in [-0.1, -0.05) is 35.9 Å². The van der Waals surface area contributed by atoms with Crippen LogP contribution >= 0.6 is 0 Å². The van der Waals surface area contributed by atoms with Crippen molar-refractivity contribution >= 4 is 23.5 Å². The minimum Gasteiger partial charge on any atom is -0.481 e. The molecule has 0 aromatic heterocycles. The normalized spacial score (nSPS) is 16.6. The zero-order valence-corrected chi connectivity index (χ0v) is 15.4. The number of benzene rings is 2. The monoisotopic (exact) mass is 384 g/mol. The predicted octanol–water partition coefficient (Wildman–Crippen LogP) is 2.62. The van der Waals surface area contributed by atoms with Gasteiger partial charge in [0.1, 0.15) is 5.82 Å². The molecule has 28 heavy (non-hydrogen) atoms. The number of fused-ring (bicyclic) bond motifs is 1. The third-order valence-electron chi connectivity index (χ3n) is 4.81. The number of aliphatic carboxylic acids is 1. The minimum absolute atomic E-state index is 0.0588. The van der Waals surface area contributed by atoms with Gasteiger partial charge in [0.2, 0.25) is 11.8 Å². The van der Waals surface area contributed by atoms with E-state index in [0.29, 0.717) is 5.56 Å². The van der Waals surface area contributed by atoms with Gasteiger partial charge in [-0.3, -0.25) is 14.4 Å². The summed E-state index contributed by atoms with van der Waals surface area (Å²) < 4.78 is 13.4. The molecule has 0 saturated heterocycles. The van der Waals surface area contributed by atoms with Crippen LogP contribution in [0.2, 0.25) is 0 Å². The summed E-state index contributed by atoms with van der Waals surface area (Å²) in [6.07, 6.45) is 0.213. The Kier molecular flexibility index (Phi) is 5.73. The molecule has 2 aromatic carbocycles. The molecule has 1 aliphatic heterocycles. The van der Waals surface area contributed by atoms with Gasteiger partial charge in [-0.15, -0.1) is 0 Å². The first-order valence-electron chi connectivity index (χ1n) is 8.99. The first-order valence-corrected chi connectivity index (χ1v) is 8.99. The van der Waals surface area contributed by atoms with Gasteiger partial charge in [0.15, 0.2) is 0 Å². The van der Waals surface area contributed by atoms with E-state index < -0.39 is 29.5 Å². The van der Waals surface area contributed by atoms with Crippen LogP contribution in [0, 0.1) is 18.7 Å². The summed E-state index contributed by atoms with van der Waals surface area (Å²) in [7, 11) is 0. The predicted molar refractivity (Wildman–Crippen MR) is 101 cm³/mol. The second-order valence-corrected chi connectivity index (χ2v) is 7.01. The Morgan fingerprint density at radius 3 is 2.79 bits per heavy atom. The van der Waals surface area contributed by atoms with Crippen molar-refractivity contribution in [1.29, 1.82) is 0 Å². The summed E-state index contributed by atoms with van der Waals surface area (Å²) in [4.78, 5) is 36.1. The van der Waals surface area contributed by atoms with Crippen molar-refractivity contribution in [2.45, 2.75) is 25.7 Å². The van der Waals surface area contributed by atoms with Gasteiger partial charge in [-0.2, -0.15) is 0 Å². The summed E-state index contributed by atoms with van der Waals surface area (Å²) in [6, 6.07) is 11.4. The van der Waals surface area contributed by atoms with Crippen LogP contribution in [0.4, 0.5) is 10.1 Å². The van der Waals surface area contributed by atoms with Crippen molar-refractivity contribution in [1.82, 2.24) is 5.32 Å². The second kappa shape index (κ2) is 8.21. The number of hydrogen-bond donors (Lipinski definition) is 3. The number of carbonyl (C=O) groups excluding carboxylic acids is 2. The Balaban J connectivity index is 1.70. The van der Waals surface area contributed by atoms with E-state index in [1.165, 1.54) is 18.2 Å². The number of carbonyl (C=O) groups is 3. The van der Waals surface area contributed by atoms with Gasteiger partial charge in [0.05, 0.1) is 11.8 Å². The van der Waals surface area contributed by atoms with E-state index in [1.807, 2.05) is 31.2 Å². The lowest BCUT2D eigenvalue weighted by Crippen LogP contribution is -2.39. The highest BCUT2D eigenvalue weighted by molar-refractivity contribution is 6.01. The van der Waals surface area contributed by atoms with Crippen LogP contribution in [0.1, 0.15) is 29.0 Å². The Bertz CT molecular complexity index is 928.